The number of rotatable bonds is 6. The lowest BCUT2D eigenvalue weighted by molar-refractivity contribution is -0.108. The monoisotopic (exact) mass is 262 g/mol. The summed E-state index contributed by atoms with van der Waals surface area (Å²) < 4.78 is 5.62. The Morgan fingerprint density at radius 1 is 1.05 bits per heavy atom. The third-order valence-electron chi connectivity index (χ3n) is 3.64. The van der Waals surface area contributed by atoms with Gasteiger partial charge in [0.25, 0.3) is 0 Å². The van der Waals surface area contributed by atoms with E-state index < -0.39 is 0 Å². The standard InChI is InChI=1S/C17H26O2/c1-11(2)15-9-14(13(5)7-8-18)10-16(12(3)4)17(15)19-6/h8-13H,7H2,1-6H3. The molecule has 0 bridgehead atoms. The van der Waals surface area contributed by atoms with Crippen LogP contribution in [0.4, 0.5) is 0 Å². The summed E-state index contributed by atoms with van der Waals surface area (Å²) in [5.41, 5.74) is 3.71. The first kappa shape index (κ1) is 15.7. The number of benzene rings is 1. The zero-order valence-electron chi connectivity index (χ0n) is 13.0. The van der Waals surface area contributed by atoms with Gasteiger partial charge < -0.3 is 9.53 Å². The lowest BCUT2D eigenvalue weighted by Crippen LogP contribution is -2.05. The van der Waals surface area contributed by atoms with Crippen LogP contribution in [0.2, 0.25) is 0 Å². The third kappa shape index (κ3) is 3.59. The number of aldehydes is 1. The number of ether oxygens (including phenoxy) is 1. The Kier molecular flexibility index (Phi) is 5.59. The van der Waals surface area contributed by atoms with Crippen LogP contribution in [0.3, 0.4) is 0 Å². The molecule has 0 N–H and O–H groups in total. The predicted octanol–water partition coefficient (Wildman–Crippen LogP) is 4.63. The zero-order valence-corrected chi connectivity index (χ0v) is 13.0. The van der Waals surface area contributed by atoms with E-state index in [9.17, 15) is 4.79 Å². The molecule has 19 heavy (non-hydrogen) atoms. The topological polar surface area (TPSA) is 26.3 Å². The van der Waals surface area contributed by atoms with Crippen molar-refractivity contribution >= 4 is 6.29 Å². The molecule has 0 radical (unpaired) electrons. The van der Waals surface area contributed by atoms with Gasteiger partial charge in [-0.15, -0.1) is 0 Å². The molecule has 0 aliphatic rings. The SMILES string of the molecule is COc1c(C(C)C)cc(C(C)CC=O)cc1C(C)C. The number of hydrogen-bond donors (Lipinski definition) is 0. The Morgan fingerprint density at radius 2 is 1.53 bits per heavy atom. The van der Waals surface area contributed by atoms with Gasteiger partial charge >= 0.3 is 0 Å². The summed E-state index contributed by atoms with van der Waals surface area (Å²) in [5, 5.41) is 0. The Labute approximate surface area is 117 Å². The Hall–Kier alpha value is -1.31. The second-order valence-electron chi connectivity index (χ2n) is 5.85. The first-order valence-electron chi connectivity index (χ1n) is 7.07. The highest BCUT2D eigenvalue weighted by Gasteiger charge is 2.18. The second-order valence-corrected chi connectivity index (χ2v) is 5.85. The Balaban J connectivity index is 3.40. The molecule has 0 fully saturated rings. The number of carbonyl (C=O) groups is 1. The highest BCUT2D eigenvalue weighted by atomic mass is 16.5. The van der Waals surface area contributed by atoms with Crippen LogP contribution in [0.5, 0.6) is 5.75 Å². The van der Waals surface area contributed by atoms with E-state index in [1.165, 1.54) is 16.7 Å². The summed E-state index contributed by atoms with van der Waals surface area (Å²) in [7, 11) is 1.74. The fraction of sp³-hybridized carbons (Fsp3) is 0.588. The molecule has 1 aromatic rings. The number of methoxy groups -OCH3 is 1. The normalized spacial score (nSPS) is 12.8. The molecule has 1 unspecified atom stereocenters. The smallest absolute Gasteiger partial charge is 0.125 e. The van der Waals surface area contributed by atoms with Crippen molar-refractivity contribution in [3.63, 3.8) is 0 Å². The van der Waals surface area contributed by atoms with Gasteiger partial charge in [-0.3, -0.25) is 0 Å². The highest BCUT2D eigenvalue weighted by Crippen LogP contribution is 2.37. The van der Waals surface area contributed by atoms with Crippen molar-refractivity contribution in [2.75, 3.05) is 7.11 Å². The highest BCUT2D eigenvalue weighted by molar-refractivity contribution is 5.53. The quantitative estimate of drug-likeness (QED) is 0.698. The van der Waals surface area contributed by atoms with Gasteiger partial charge in [-0.25, -0.2) is 0 Å². The lowest BCUT2D eigenvalue weighted by atomic mass is 9.87. The van der Waals surface area contributed by atoms with Gasteiger partial charge in [0.1, 0.15) is 12.0 Å². The minimum absolute atomic E-state index is 0.262. The van der Waals surface area contributed by atoms with Crippen molar-refractivity contribution in [3.8, 4) is 5.75 Å². The fourth-order valence-electron chi connectivity index (χ4n) is 2.36. The molecule has 0 aliphatic heterocycles. The van der Waals surface area contributed by atoms with Crippen LogP contribution < -0.4 is 4.74 Å². The molecule has 0 aliphatic carbocycles. The van der Waals surface area contributed by atoms with E-state index in [0.717, 1.165) is 12.0 Å². The molecule has 0 saturated heterocycles. The number of carbonyl (C=O) groups excluding carboxylic acids is 1. The maximum atomic E-state index is 10.7. The molecule has 2 nitrogen and oxygen atoms in total. The molecule has 0 aromatic heterocycles. The molecule has 1 atom stereocenters. The largest absolute Gasteiger partial charge is 0.496 e. The molecule has 0 saturated carbocycles. The van der Waals surface area contributed by atoms with Crippen LogP contribution in [0.25, 0.3) is 0 Å². The summed E-state index contributed by atoms with van der Waals surface area (Å²) in [4.78, 5) is 10.7. The summed E-state index contributed by atoms with van der Waals surface area (Å²) in [6.45, 7) is 10.8. The molecular weight excluding hydrogens is 236 g/mol. The maximum Gasteiger partial charge on any atom is 0.125 e. The van der Waals surface area contributed by atoms with Crippen molar-refractivity contribution in [2.24, 2.45) is 0 Å². The first-order chi connectivity index (χ1) is 8.92. The molecule has 0 amide bonds. The van der Waals surface area contributed by atoms with Gasteiger partial charge in [0.2, 0.25) is 0 Å². The van der Waals surface area contributed by atoms with E-state index in [1.54, 1.807) is 7.11 Å². The van der Waals surface area contributed by atoms with Gasteiger partial charge in [-0.1, -0.05) is 46.8 Å². The minimum atomic E-state index is 0.262. The van der Waals surface area contributed by atoms with Gasteiger partial charge in [0.15, 0.2) is 0 Å². The molecule has 1 aromatic carbocycles. The summed E-state index contributed by atoms with van der Waals surface area (Å²) in [5.74, 6) is 2.09. The summed E-state index contributed by atoms with van der Waals surface area (Å²) in [6, 6.07) is 4.40. The van der Waals surface area contributed by atoms with Crippen LogP contribution in [0.15, 0.2) is 12.1 Å². The van der Waals surface area contributed by atoms with Crippen molar-refractivity contribution in [2.45, 2.75) is 58.8 Å². The van der Waals surface area contributed by atoms with Crippen LogP contribution in [-0.4, -0.2) is 13.4 Å². The average Bonchev–Trinajstić information content (AvgIpc) is 2.36. The lowest BCUT2D eigenvalue weighted by Gasteiger charge is -2.22. The van der Waals surface area contributed by atoms with Crippen molar-refractivity contribution in [1.82, 2.24) is 0 Å². The van der Waals surface area contributed by atoms with Crippen LogP contribution in [0.1, 0.15) is 75.5 Å². The molecular formula is C17H26O2. The molecule has 106 valence electrons. The van der Waals surface area contributed by atoms with Crippen LogP contribution in [0, 0.1) is 0 Å². The van der Waals surface area contributed by atoms with Gasteiger partial charge in [0, 0.05) is 6.42 Å². The molecule has 0 spiro atoms. The van der Waals surface area contributed by atoms with Crippen LogP contribution in [-0.2, 0) is 4.79 Å². The summed E-state index contributed by atoms with van der Waals surface area (Å²) in [6.07, 6.45) is 1.57. The van der Waals surface area contributed by atoms with Gasteiger partial charge in [-0.2, -0.15) is 0 Å². The van der Waals surface area contributed by atoms with E-state index in [1.807, 2.05) is 0 Å². The predicted molar refractivity (Wildman–Crippen MR) is 80.3 cm³/mol. The summed E-state index contributed by atoms with van der Waals surface area (Å²) >= 11 is 0. The molecule has 1 rings (SSSR count). The van der Waals surface area contributed by atoms with Crippen molar-refractivity contribution in [1.29, 1.82) is 0 Å². The zero-order chi connectivity index (χ0) is 14.6. The Bertz CT molecular complexity index is 404. The van der Waals surface area contributed by atoms with Crippen molar-refractivity contribution < 1.29 is 9.53 Å². The number of hydrogen-bond acceptors (Lipinski definition) is 2. The second kappa shape index (κ2) is 6.74. The third-order valence-corrected chi connectivity index (χ3v) is 3.64. The van der Waals surface area contributed by atoms with Gasteiger partial charge in [0.05, 0.1) is 7.11 Å². The molecule has 2 heteroatoms. The van der Waals surface area contributed by atoms with E-state index in [0.29, 0.717) is 18.3 Å². The van der Waals surface area contributed by atoms with E-state index in [4.69, 9.17) is 4.74 Å². The fourth-order valence-corrected chi connectivity index (χ4v) is 2.36. The van der Waals surface area contributed by atoms with E-state index >= 15 is 0 Å². The minimum Gasteiger partial charge on any atom is -0.496 e. The van der Waals surface area contributed by atoms with E-state index in [-0.39, 0.29) is 5.92 Å². The average molecular weight is 262 g/mol. The Morgan fingerprint density at radius 3 is 1.84 bits per heavy atom. The maximum absolute atomic E-state index is 10.7. The van der Waals surface area contributed by atoms with Crippen molar-refractivity contribution in [3.05, 3.63) is 28.8 Å². The molecule has 0 heterocycles. The van der Waals surface area contributed by atoms with Gasteiger partial charge in [-0.05, 0) is 34.4 Å². The van der Waals surface area contributed by atoms with E-state index in [2.05, 4.69) is 46.8 Å². The first-order valence-corrected chi connectivity index (χ1v) is 7.07. The van der Waals surface area contributed by atoms with Crippen LogP contribution >= 0.6 is 0 Å².